The number of nitrogens with one attached hydrogen (secondary N) is 2. The number of carbonyl (C=O) groups is 1. The topological polar surface area (TPSA) is 109 Å². The molecule has 0 saturated heterocycles. The second-order valence-electron chi connectivity index (χ2n) is 11.5. The molecule has 0 spiro atoms. The molecule has 4 aromatic rings. The number of hydrogen-bond acceptors (Lipinski definition) is 7. The lowest BCUT2D eigenvalue weighted by Crippen LogP contribution is -2.30. The highest BCUT2D eigenvalue weighted by molar-refractivity contribution is 7.13. The van der Waals surface area contributed by atoms with Gasteiger partial charge in [0.2, 0.25) is 0 Å². The van der Waals surface area contributed by atoms with Crippen molar-refractivity contribution < 1.29 is 9.18 Å². The van der Waals surface area contributed by atoms with Crippen molar-refractivity contribution in [3.8, 4) is 11.3 Å². The number of carbonyl (C=O) groups excluding carboxylic acids is 1. The molecule has 2 N–H and O–H groups in total. The van der Waals surface area contributed by atoms with Gasteiger partial charge < -0.3 is 5.32 Å². The van der Waals surface area contributed by atoms with E-state index in [0.717, 1.165) is 36.6 Å². The van der Waals surface area contributed by atoms with Crippen LogP contribution >= 0.6 is 11.3 Å². The molecule has 41 heavy (non-hydrogen) atoms. The van der Waals surface area contributed by atoms with Crippen LogP contribution in [0.2, 0.25) is 0 Å². The lowest BCUT2D eigenvalue weighted by atomic mass is 9.96. The smallest absolute Gasteiger partial charge is 0.284 e. The summed E-state index contributed by atoms with van der Waals surface area (Å²) < 4.78 is 16.5. The molecule has 218 valence electrons. The Morgan fingerprint density at radius 3 is 2.66 bits per heavy atom. The van der Waals surface area contributed by atoms with E-state index in [1.165, 1.54) is 29.2 Å². The monoisotopic (exact) mass is 579 g/mol. The van der Waals surface area contributed by atoms with Gasteiger partial charge in [0.1, 0.15) is 5.82 Å². The first-order chi connectivity index (χ1) is 19.3. The summed E-state index contributed by atoms with van der Waals surface area (Å²) in [5.41, 5.74) is 3.86. The molecule has 0 aliphatic carbocycles. The maximum atomic E-state index is 14.4. The molecule has 9 nitrogen and oxygen atoms in total. The molecule has 5 rings (SSSR count). The van der Waals surface area contributed by atoms with Crippen molar-refractivity contribution in [3.63, 3.8) is 0 Å². The van der Waals surface area contributed by atoms with Crippen molar-refractivity contribution in [2.75, 3.05) is 18.9 Å². The predicted molar refractivity (Wildman–Crippen MR) is 161 cm³/mol. The lowest BCUT2D eigenvalue weighted by Gasteiger charge is -2.22. The molecule has 0 fully saturated rings. The lowest BCUT2D eigenvalue weighted by molar-refractivity contribution is 0.102. The standard InChI is InChI=1S/C22H25FN4O2S.C8H13N3/c1-6-12(2)14-10-16(26-27-19(14)28)13-7-8-15(23)17(9-13)25-20(29)21-24-11-18(30-21)22(3,4)5;1-7-5-8-6-10(2)3-4-11(8)9-7/h7-12H,6H2,1-5H3,(H,25,29)(H,27,28);5H,3-4,6H2,1-2H3. The van der Waals surface area contributed by atoms with Gasteiger partial charge in [0.25, 0.3) is 11.5 Å². The SMILES string of the molecule is CCC(C)c1cc(-c2ccc(F)c(NC(=O)c3ncc(C(C)(C)C)s3)c2)n[nH]c1=O.Cc1cc2n(n1)CCN(C)C2. The van der Waals surface area contributed by atoms with Crippen molar-refractivity contribution in [2.24, 2.45) is 0 Å². The quantitative estimate of drug-likeness (QED) is 0.313. The van der Waals surface area contributed by atoms with Crippen molar-refractivity contribution in [1.29, 1.82) is 0 Å². The number of halogens is 1. The van der Waals surface area contributed by atoms with E-state index >= 15 is 0 Å². The maximum Gasteiger partial charge on any atom is 0.284 e. The molecule has 3 aromatic heterocycles. The van der Waals surface area contributed by atoms with Crippen LogP contribution in [-0.2, 0) is 18.5 Å². The van der Waals surface area contributed by atoms with Crippen LogP contribution in [0.15, 0.2) is 41.3 Å². The number of anilines is 1. The zero-order valence-corrected chi connectivity index (χ0v) is 25.5. The molecular weight excluding hydrogens is 541 g/mol. The highest BCUT2D eigenvalue weighted by atomic mass is 32.1. The van der Waals surface area contributed by atoms with Crippen LogP contribution in [0, 0.1) is 12.7 Å². The maximum absolute atomic E-state index is 14.4. The second-order valence-corrected chi connectivity index (χ2v) is 12.5. The minimum Gasteiger partial charge on any atom is -0.317 e. The number of hydrogen-bond donors (Lipinski definition) is 2. The number of aromatic nitrogens is 5. The average Bonchev–Trinajstić information content (AvgIpc) is 3.57. The third kappa shape index (κ3) is 7.34. The summed E-state index contributed by atoms with van der Waals surface area (Å²) in [5, 5.41) is 13.8. The summed E-state index contributed by atoms with van der Waals surface area (Å²) in [6.07, 6.45) is 2.48. The Bertz CT molecular complexity index is 1580. The first-order valence-corrected chi connectivity index (χ1v) is 14.6. The summed E-state index contributed by atoms with van der Waals surface area (Å²) >= 11 is 1.29. The van der Waals surface area contributed by atoms with Crippen LogP contribution < -0.4 is 10.9 Å². The van der Waals surface area contributed by atoms with Gasteiger partial charge in [0.05, 0.1) is 29.3 Å². The van der Waals surface area contributed by atoms with Gasteiger partial charge in [0, 0.05) is 35.3 Å². The van der Waals surface area contributed by atoms with Gasteiger partial charge >= 0.3 is 0 Å². The number of thiazole rings is 1. The minimum absolute atomic E-state index is 0.0306. The van der Waals surface area contributed by atoms with Crippen LogP contribution in [0.25, 0.3) is 11.3 Å². The first-order valence-electron chi connectivity index (χ1n) is 13.7. The molecule has 0 saturated carbocycles. The van der Waals surface area contributed by atoms with E-state index < -0.39 is 11.7 Å². The summed E-state index contributed by atoms with van der Waals surface area (Å²) in [4.78, 5) is 32.1. The van der Waals surface area contributed by atoms with E-state index in [1.807, 2.05) is 41.5 Å². The average molecular weight is 580 g/mol. The number of rotatable bonds is 5. The van der Waals surface area contributed by atoms with E-state index in [9.17, 15) is 14.0 Å². The van der Waals surface area contributed by atoms with Crippen molar-refractivity contribution in [1.82, 2.24) is 29.9 Å². The van der Waals surface area contributed by atoms with Gasteiger partial charge in [-0.25, -0.2) is 14.5 Å². The molecule has 0 radical (unpaired) electrons. The number of likely N-dealkylation sites (N-methyl/N-ethyl adjacent to an activating group) is 1. The van der Waals surface area contributed by atoms with Gasteiger partial charge in [-0.15, -0.1) is 11.3 Å². The number of nitrogens with zero attached hydrogens (tertiary/aromatic N) is 5. The van der Waals surface area contributed by atoms with Crippen molar-refractivity contribution in [3.05, 3.63) is 79.5 Å². The number of benzene rings is 1. The van der Waals surface area contributed by atoms with Crippen LogP contribution in [0.3, 0.4) is 0 Å². The summed E-state index contributed by atoms with van der Waals surface area (Å²) in [5.74, 6) is -0.968. The number of aromatic amines is 1. The summed E-state index contributed by atoms with van der Waals surface area (Å²) in [6.45, 7) is 15.3. The normalized spacial score (nSPS) is 14.1. The van der Waals surface area contributed by atoms with Crippen molar-refractivity contribution in [2.45, 2.75) is 72.4 Å². The fourth-order valence-electron chi connectivity index (χ4n) is 4.38. The zero-order valence-electron chi connectivity index (χ0n) is 24.7. The number of H-pyrrole nitrogens is 1. The molecule has 0 bridgehead atoms. The van der Waals surface area contributed by atoms with Crippen molar-refractivity contribution >= 4 is 22.9 Å². The summed E-state index contributed by atoms with van der Waals surface area (Å²) in [7, 11) is 2.14. The van der Waals surface area contributed by atoms with Gasteiger partial charge in [0.15, 0.2) is 5.01 Å². The van der Waals surface area contributed by atoms with E-state index in [2.05, 4.69) is 48.3 Å². The van der Waals surface area contributed by atoms with Gasteiger partial charge in [-0.1, -0.05) is 34.6 Å². The fourth-order valence-corrected chi connectivity index (χ4v) is 5.25. The zero-order chi connectivity index (χ0) is 29.9. The minimum atomic E-state index is -0.564. The van der Waals surface area contributed by atoms with Gasteiger partial charge in [-0.05, 0) is 62.1 Å². The Kier molecular flexibility index (Phi) is 9.18. The molecule has 1 aliphatic rings. The van der Waals surface area contributed by atoms with Crippen LogP contribution in [0.1, 0.15) is 78.6 Å². The molecular formula is C30H38FN7O2S. The third-order valence-corrected chi connectivity index (χ3v) is 8.46. The molecule has 4 heterocycles. The molecule has 1 aromatic carbocycles. The molecule has 11 heteroatoms. The van der Waals surface area contributed by atoms with E-state index in [-0.39, 0.29) is 27.6 Å². The molecule has 1 aliphatic heterocycles. The molecule has 1 atom stereocenters. The Morgan fingerprint density at radius 1 is 1.22 bits per heavy atom. The second kappa shape index (κ2) is 12.4. The first kappa shape index (κ1) is 30.3. The highest BCUT2D eigenvalue weighted by Crippen LogP contribution is 2.29. The van der Waals surface area contributed by atoms with Gasteiger partial charge in [-0.2, -0.15) is 10.2 Å². The van der Waals surface area contributed by atoms with Crippen LogP contribution in [0.5, 0.6) is 0 Å². The number of aryl methyl sites for hydroxylation is 1. The van der Waals surface area contributed by atoms with Crippen LogP contribution in [-0.4, -0.2) is 49.4 Å². The Morgan fingerprint density at radius 2 is 1.98 bits per heavy atom. The predicted octanol–water partition coefficient (Wildman–Crippen LogP) is 5.73. The number of amides is 1. The highest BCUT2D eigenvalue weighted by Gasteiger charge is 2.21. The van der Waals surface area contributed by atoms with E-state index in [0.29, 0.717) is 16.8 Å². The van der Waals surface area contributed by atoms with Crippen LogP contribution in [0.4, 0.5) is 10.1 Å². The molecule has 1 unspecified atom stereocenters. The Hall–Kier alpha value is -3.70. The molecule has 1 amide bonds. The number of fused-ring (bicyclic) bond motifs is 1. The van der Waals surface area contributed by atoms with Gasteiger partial charge in [-0.3, -0.25) is 19.2 Å². The van der Waals surface area contributed by atoms with E-state index in [1.54, 1.807) is 18.3 Å². The van der Waals surface area contributed by atoms with E-state index in [4.69, 9.17) is 0 Å². The third-order valence-electron chi connectivity index (χ3n) is 7.04. The Labute approximate surface area is 243 Å². The Balaban J connectivity index is 0.000000291. The fraction of sp³-hybridized carbons (Fsp3) is 0.433. The largest absolute Gasteiger partial charge is 0.317 e. The summed E-state index contributed by atoms with van der Waals surface area (Å²) in [6, 6.07) is 8.21.